The fourth-order valence-electron chi connectivity index (χ4n) is 2.10. The first-order valence-electron chi connectivity index (χ1n) is 5.12. The normalized spacial score (nSPS) is 12.5. The van der Waals surface area contributed by atoms with Crippen LogP contribution in [0.3, 0.4) is 0 Å². The van der Waals surface area contributed by atoms with Crippen molar-refractivity contribution >= 4 is 50.6 Å². The van der Waals surface area contributed by atoms with Crippen LogP contribution in [0.2, 0.25) is 10.0 Å². The molecule has 0 bridgehead atoms. The summed E-state index contributed by atoms with van der Waals surface area (Å²) in [6.07, 6.45) is 0. The largest absolute Gasteiger partial charge is 0.398 e. The molecule has 0 saturated carbocycles. The van der Waals surface area contributed by atoms with Gasteiger partial charge in [-0.2, -0.15) is 0 Å². The Morgan fingerprint density at radius 1 is 0.889 bits per heavy atom. The number of fused-ring (bicyclic) bond motifs is 3. The third kappa shape index (κ3) is 1.58. The van der Waals surface area contributed by atoms with Crippen LogP contribution in [0, 0.1) is 0 Å². The minimum absolute atomic E-state index is 0.0715. The first-order chi connectivity index (χ1) is 8.49. The summed E-state index contributed by atoms with van der Waals surface area (Å²) in [5.74, 6) is -0.0715. The van der Waals surface area contributed by atoms with Crippen LogP contribution < -0.4 is 5.73 Å². The van der Waals surface area contributed by atoms with E-state index in [-0.39, 0.29) is 5.78 Å². The van der Waals surface area contributed by atoms with Crippen LogP contribution in [0.15, 0.2) is 28.7 Å². The highest BCUT2D eigenvalue weighted by Crippen LogP contribution is 2.43. The molecule has 0 radical (unpaired) electrons. The van der Waals surface area contributed by atoms with Gasteiger partial charge in [-0.05, 0) is 51.3 Å². The summed E-state index contributed by atoms with van der Waals surface area (Å²) in [4.78, 5) is 12.2. The lowest BCUT2D eigenvalue weighted by Crippen LogP contribution is -1.97. The van der Waals surface area contributed by atoms with Crippen LogP contribution >= 0.6 is 39.1 Å². The number of nitrogen functional groups attached to an aromatic ring is 1. The summed E-state index contributed by atoms with van der Waals surface area (Å²) in [7, 11) is 0. The number of halogens is 3. The number of benzene rings is 2. The molecule has 0 heterocycles. The molecular formula is C13H6BrCl2NO. The molecule has 90 valence electrons. The average Bonchev–Trinajstić information content (AvgIpc) is 2.56. The van der Waals surface area contributed by atoms with Crippen LogP contribution in [0.1, 0.15) is 15.9 Å². The Morgan fingerprint density at radius 3 is 2.06 bits per heavy atom. The average molecular weight is 343 g/mol. The van der Waals surface area contributed by atoms with Gasteiger partial charge in [0.1, 0.15) is 0 Å². The highest BCUT2D eigenvalue weighted by atomic mass is 79.9. The number of nitrogens with two attached hydrogens (primary N) is 1. The van der Waals surface area contributed by atoms with Crippen molar-refractivity contribution in [2.45, 2.75) is 0 Å². The third-order valence-electron chi connectivity index (χ3n) is 2.98. The Balaban J connectivity index is 2.37. The topological polar surface area (TPSA) is 43.1 Å². The van der Waals surface area contributed by atoms with Crippen molar-refractivity contribution in [2.75, 3.05) is 5.73 Å². The second kappa shape index (κ2) is 3.98. The molecule has 0 unspecified atom stereocenters. The Bertz CT molecular complexity index is 653. The monoisotopic (exact) mass is 341 g/mol. The zero-order chi connectivity index (χ0) is 13.0. The summed E-state index contributed by atoms with van der Waals surface area (Å²) in [5, 5.41) is 0.813. The minimum Gasteiger partial charge on any atom is -0.398 e. The van der Waals surface area contributed by atoms with E-state index in [1.165, 1.54) is 0 Å². The van der Waals surface area contributed by atoms with E-state index < -0.39 is 0 Å². The molecular weight excluding hydrogens is 337 g/mol. The molecule has 0 aliphatic heterocycles. The van der Waals surface area contributed by atoms with E-state index in [4.69, 9.17) is 28.9 Å². The van der Waals surface area contributed by atoms with Crippen molar-refractivity contribution in [1.29, 1.82) is 0 Å². The number of carbonyl (C=O) groups excluding carboxylic acids is 1. The van der Waals surface area contributed by atoms with Gasteiger partial charge in [0.25, 0.3) is 0 Å². The van der Waals surface area contributed by atoms with Crippen molar-refractivity contribution in [3.05, 3.63) is 49.9 Å². The predicted molar refractivity (Wildman–Crippen MR) is 77.4 cm³/mol. The Morgan fingerprint density at radius 2 is 1.39 bits per heavy atom. The van der Waals surface area contributed by atoms with E-state index >= 15 is 0 Å². The van der Waals surface area contributed by atoms with Crippen molar-refractivity contribution in [3.8, 4) is 11.1 Å². The SMILES string of the molecule is Nc1cc2c(cc1Br)-c1cc(Cl)c(Cl)cc1C2=O. The summed E-state index contributed by atoms with van der Waals surface area (Å²) >= 11 is 15.3. The van der Waals surface area contributed by atoms with Crippen molar-refractivity contribution in [2.24, 2.45) is 0 Å². The standard InChI is InChI=1S/C13H6BrCl2NO/c14-9-1-5-6-2-10(15)11(16)3-7(6)13(18)8(5)4-12(9)17/h1-4H,17H2. The van der Waals surface area contributed by atoms with Gasteiger partial charge in [-0.15, -0.1) is 0 Å². The third-order valence-corrected chi connectivity index (χ3v) is 4.39. The van der Waals surface area contributed by atoms with E-state index in [2.05, 4.69) is 15.9 Å². The summed E-state index contributed by atoms with van der Waals surface area (Å²) in [6.45, 7) is 0. The summed E-state index contributed by atoms with van der Waals surface area (Å²) < 4.78 is 0.757. The fraction of sp³-hybridized carbons (Fsp3) is 0. The molecule has 3 rings (SSSR count). The minimum atomic E-state index is -0.0715. The maximum Gasteiger partial charge on any atom is 0.194 e. The number of ketones is 1. The summed E-state index contributed by atoms with van der Waals surface area (Å²) in [5.41, 5.74) is 9.11. The number of anilines is 1. The van der Waals surface area contributed by atoms with Crippen LogP contribution in [-0.4, -0.2) is 5.78 Å². The lowest BCUT2D eigenvalue weighted by atomic mass is 10.1. The zero-order valence-corrected chi connectivity index (χ0v) is 12.0. The molecule has 1 aliphatic rings. The first kappa shape index (κ1) is 12.0. The molecule has 18 heavy (non-hydrogen) atoms. The molecule has 2 nitrogen and oxygen atoms in total. The first-order valence-corrected chi connectivity index (χ1v) is 6.67. The van der Waals surface area contributed by atoms with Crippen LogP contribution in [0.25, 0.3) is 11.1 Å². The number of carbonyl (C=O) groups is 1. The lowest BCUT2D eigenvalue weighted by Gasteiger charge is -2.04. The van der Waals surface area contributed by atoms with Gasteiger partial charge in [-0.1, -0.05) is 23.2 Å². The Hall–Kier alpha value is -1.03. The quantitative estimate of drug-likeness (QED) is 0.609. The van der Waals surface area contributed by atoms with Gasteiger partial charge in [0.15, 0.2) is 5.78 Å². The smallest absolute Gasteiger partial charge is 0.194 e. The van der Waals surface area contributed by atoms with Crippen LogP contribution in [0.4, 0.5) is 5.69 Å². The molecule has 0 amide bonds. The number of rotatable bonds is 0. The van der Waals surface area contributed by atoms with E-state index in [9.17, 15) is 4.79 Å². The lowest BCUT2D eigenvalue weighted by molar-refractivity contribution is 0.104. The molecule has 2 aromatic rings. The molecule has 0 aromatic heterocycles. The van der Waals surface area contributed by atoms with E-state index in [1.807, 2.05) is 6.07 Å². The molecule has 0 spiro atoms. The predicted octanol–water partition coefficient (Wildman–Crippen LogP) is 4.55. The van der Waals surface area contributed by atoms with Crippen LogP contribution in [0.5, 0.6) is 0 Å². The molecule has 0 fully saturated rings. The molecule has 0 atom stereocenters. The van der Waals surface area contributed by atoms with Crippen molar-refractivity contribution in [1.82, 2.24) is 0 Å². The van der Waals surface area contributed by atoms with E-state index in [0.717, 1.165) is 15.6 Å². The van der Waals surface area contributed by atoms with Gasteiger partial charge in [0.2, 0.25) is 0 Å². The maximum absolute atomic E-state index is 12.2. The van der Waals surface area contributed by atoms with Gasteiger partial charge >= 0.3 is 0 Å². The Labute approximate surface area is 122 Å². The van der Waals surface area contributed by atoms with Gasteiger partial charge < -0.3 is 5.73 Å². The van der Waals surface area contributed by atoms with Crippen LogP contribution in [-0.2, 0) is 0 Å². The van der Waals surface area contributed by atoms with Gasteiger partial charge in [-0.25, -0.2) is 0 Å². The molecule has 0 saturated heterocycles. The molecule has 2 aromatic carbocycles. The van der Waals surface area contributed by atoms with E-state index in [1.54, 1.807) is 18.2 Å². The van der Waals surface area contributed by atoms with Crippen molar-refractivity contribution < 1.29 is 4.79 Å². The zero-order valence-electron chi connectivity index (χ0n) is 8.93. The number of hydrogen-bond donors (Lipinski definition) is 1. The number of hydrogen-bond acceptors (Lipinski definition) is 2. The van der Waals surface area contributed by atoms with E-state index in [0.29, 0.717) is 26.9 Å². The highest BCUT2D eigenvalue weighted by molar-refractivity contribution is 9.10. The molecule has 2 N–H and O–H groups in total. The fourth-order valence-corrected chi connectivity index (χ4v) is 2.77. The molecule has 1 aliphatic carbocycles. The Kier molecular flexibility index (Phi) is 2.66. The second-order valence-electron chi connectivity index (χ2n) is 4.06. The second-order valence-corrected chi connectivity index (χ2v) is 5.73. The highest BCUT2D eigenvalue weighted by Gasteiger charge is 2.28. The molecule has 5 heteroatoms. The van der Waals surface area contributed by atoms with Gasteiger partial charge in [-0.3, -0.25) is 4.79 Å². The maximum atomic E-state index is 12.2. The van der Waals surface area contributed by atoms with Gasteiger partial charge in [0, 0.05) is 21.3 Å². The van der Waals surface area contributed by atoms with Crippen molar-refractivity contribution in [3.63, 3.8) is 0 Å². The van der Waals surface area contributed by atoms with Gasteiger partial charge in [0.05, 0.1) is 10.0 Å². The summed E-state index contributed by atoms with van der Waals surface area (Å²) in [6, 6.07) is 6.82.